The first-order valence-corrected chi connectivity index (χ1v) is 6.50. The van der Waals surface area contributed by atoms with E-state index in [1.807, 2.05) is 0 Å². The van der Waals surface area contributed by atoms with Crippen LogP contribution in [-0.2, 0) is 4.79 Å². The summed E-state index contributed by atoms with van der Waals surface area (Å²) in [6.07, 6.45) is 2.12. The largest absolute Gasteiger partial charge is 0.388 e. The zero-order chi connectivity index (χ0) is 14.8. The highest BCUT2D eigenvalue weighted by atomic mass is 19.1. The summed E-state index contributed by atoms with van der Waals surface area (Å²) in [5, 5.41) is 12.9. The van der Waals surface area contributed by atoms with Crippen molar-refractivity contribution < 1.29 is 19.1 Å². The van der Waals surface area contributed by atoms with Crippen LogP contribution in [-0.4, -0.2) is 52.5 Å². The van der Waals surface area contributed by atoms with Crippen molar-refractivity contribution in [2.24, 2.45) is 0 Å². The molecule has 20 heavy (non-hydrogen) atoms. The maximum Gasteiger partial charge on any atom is 0.270 e. The van der Waals surface area contributed by atoms with Gasteiger partial charge in [-0.05, 0) is 12.8 Å². The van der Waals surface area contributed by atoms with E-state index in [1.165, 1.54) is 11.9 Å². The molecule has 1 fully saturated rings. The first kappa shape index (κ1) is 14.5. The Hall–Kier alpha value is -1.89. The Morgan fingerprint density at radius 2 is 2.35 bits per heavy atom. The third-order valence-corrected chi connectivity index (χ3v) is 3.49. The second-order valence-electron chi connectivity index (χ2n) is 5.14. The Morgan fingerprint density at radius 3 is 2.95 bits per heavy atom. The van der Waals surface area contributed by atoms with Gasteiger partial charge in [-0.15, -0.1) is 0 Å². The van der Waals surface area contributed by atoms with Crippen molar-refractivity contribution in [3.63, 3.8) is 0 Å². The Balaban J connectivity index is 2.06. The molecule has 1 aromatic rings. The summed E-state index contributed by atoms with van der Waals surface area (Å²) in [5.74, 6) is -1.15. The lowest BCUT2D eigenvalue weighted by molar-refractivity contribution is -0.127. The van der Waals surface area contributed by atoms with Crippen LogP contribution in [0.2, 0.25) is 0 Å². The van der Waals surface area contributed by atoms with Gasteiger partial charge in [0.2, 0.25) is 5.91 Å². The van der Waals surface area contributed by atoms with Crippen LogP contribution in [0.15, 0.2) is 12.3 Å². The smallest absolute Gasteiger partial charge is 0.270 e. The fourth-order valence-corrected chi connectivity index (χ4v) is 2.48. The predicted octanol–water partition coefficient (Wildman–Crippen LogP) is 0.257. The van der Waals surface area contributed by atoms with Crippen LogP contribution in [0.1, 0.15) is 29.8 Å². The summed E-state index contributed by atoms with van der Waals surface area (Å²) < 4.78 is 12.9. The van der Waals surface area contributed by atoms with Crippen LogP contribution in [0.4, 0.5) is 4.39 Å². The van der Waals surface area contributed by atoms with Gasteiger partial charge in [-0.2, -0.15) is 0 Å². The van der Waals surface area contributed by atoms with E-state index in [0.29, 0.717) is 19.4 Å². The number of hydrogen-bond acceptors (Lipinski definition) is 3. The minimum Gasteiger partial charge on any atom is -0.388 e. The van der Waals surface area contributed by atoms with Gasteiger partial charge in [0.1, 0.15) is 11.5 Å². The molecule has 0 aliphatic carbocycles. The van der Waals surface area contributed by atoms with Crippen LogP contribution < -0.4 is 5.32 Å². The number of carbonyl (C=O) groups is 2. The van der Waals surface area contributed by atoms with Gasteiger partial charge in [-0.25, -0.2) is 4.39 Å². The SMILES string of the molecule is CNC(=O)CC1(O)CCCN(C(=O)c2cc(F)c[nH]2)C1. The summed E-state index contributed by atoms with van der Waals surface area (Å²) in [4.78, 5) is 27.6. The first-order chi connectivity index (χ1) is 9.43. The lowest BCUT2D eigenvalue weighted by Gasteiger charge is -2.38. The first-order valence-electron chi connectivity index (χ1n) is 6.50. The molecule has 0 bridgehead atoms. The number of hydrogen-bond donors (Lipinski definition) is 3. The van der Waals surface area contributed by atoms with Gasteiger partial charge < -0.3 is 20.3 Å². The molecule has 2 amide bonds. The molecular weight excluding hydrogens is 265 g/mol. The van der Waals surface area contributed by atoms with E-state index in [4.69, 9.17) is 0 Å². The molecule has 7 heteroatoms. The number of rotatable bonds is 3. The molecule has 0 saturated carbocycles. The van der Waals surface area contributed by atoms with E-state index in [1.54, 1.807) is 0 Å². The summed E-state index contributed by atoms with van der Waals surface area (Å²) in [6.45, 7) is 0.551. The van der Waals surface area contributed by atoms with Crippen LogP contribution >= 0.6 is 0 Å². The van der Waals surface area contributed by atoms with Crippen molar-refractivity contribution in [2.75, 3.05) is 20.1 Å². The minimum absolute atomic E-state index is 0.0492. The monoisotopic (exact) mass is 283 g/mol. The van der Waals surface area contributed by atoms with Gasteiger partial charge in [0.15, 0.2) is 0 Å². The topological polar surface area (TPSA) is 85.4 Å². The average molecular weight is 283 g/mol. The Bertz CT molecular complexity index is 517. The predicted molar refractivity (Wildman–Crippen MR) is 69.5 cm³/mol. The van der Waals surface area contributed by atoms with Crippen LogP contribution in [0.5, 0.6) is 0 Å². The Morgan fingerprint density at radius 1 is 1.60 bits per heavy atom. The molecule has 0 radical (unpaired) electrons. The molecule has 110 valence electrons. The number of halogens is 1. The molecule has 1 saturated heterocycles. The molecule has 3 N–H and O–H groups in total. The van der Waals surface area contributed by atoms with Gasteiger partial charge in [0, 0.05) is 25.9 Å². The van der Waals surface area contributed by atoms with E-state index in [9.17, 15) is 19.1 Å². The Labute approximate surface area is 116 Å². The molecule has 2 rings (SSSR count). The summed E-state index contributed by atoms with van der Waals surface area (Å²) in [5.41, 5.74) is -1.08. The van der Waals surface area contributed by atoms with E-state index in [-0.39, 0.29) is 30.5 Å². The van der Waals surface area contributed by atoms with Gasteiger partial charge in [0.25, 0.3) is 5.91 Å². The van der Waals surface area contributed by atoms with Gasteiger partial charge >= 0.3 is 0 Å². The highest BCUT2D eigenvalue weighted by molar-refractivity contribution is 5.92. The maximum atomic E-state index is 12.9. The molecule has 0 aromatic carbocycles. The highest BCUT2D eigenvalue weighted by Gasteiger charge is 2.37. The number of likely N-dealkylation sites (tertiary alicyclic amines) is 1. The van der Waals surface area contributed by atoms with Gasteiger partial charge in [-0.3, -0.25) is 9.59 Å². The van der Waals surface area contributed by atoms with E-state index >= 15 is 0 Å². The number of piperidine rings is 1. The zero-order valence-corrected chi connectivity index (χ0v) is 11.3. The van der Waals surface area contributed by atoms with Crippen molar-refractivity contribution >= 4 is 11.8 Å². The lowest BCUT2D eigenvalue weighted by Crippen LogP contribution is -2.52. The standard InChI is InChI=1S/C13H18FN3O3/c1-15-11(18)6-13(20)3-2-4-17(8-13)12(19)10-5-9(14)7-16-10/h5,7,16,20H,2-4,6,8H2,1H3,(H,15,18). The molecular formula is C13H18FN3O3. The number of H-pyrrole nitrogens is 1. The number of β-amino-alcohol motifs (C(OH)–C–C–N with tert-alkyl or cyclic N) is 1. The third kappa shape index (κ3) is 3.16. The highest BCUT2D eigenvalue weighted by Crippen LogP contribution is 2.25. The van der Waals surface area contributed by atoms with Crippen molar-refractivity contribution in [2.45, 2.75) is 24.9 Å². The summed E-state index contributed by atoms with van der Waals surface area (Å²) >= 11 is 0. The van der Waals surface area contributed by atoms with Gasteiger partial charge in [0.05, 0.1) is 18.6 Å². The second kappa shape index (κ2) is 5.62. The van der Waals surface area contributed by atoms with Crippen molar-refractivity contribution in [3.8, 4) is 0 Å². The van der Waals surface area contributed by atoms with Gasteiger partial charge in [-0.1, -0.05) is 0 Å². The second-order valence-corrected chi connectivity index (χ2v) is 5.14. The molecule has 1 aromatic heterocycles. The molecule has 1 atom stereocenters. The summed E-state index contributed by atoms with van der Waals surface area (Å²) in [6, 6.07) is 1.12. The normalized spacial score (nSPS) is 22.6. The number of aliphatic hydroxyl groups is 1. The quantitative estimate of drug-likeness (QED) is 0.743. The number of aromatic amines is 1. The molecule has 1 unspecified atom stereocenters. The molecule has 1 aliphatic heterocycles. The average Bonchev–Trinajstić information content (AvgIpc) is 2.84. The van der Waals surface area contributed by atoms with Crippen molar-refractivity contribution in [3.05, 3.63) is 23.8 Å². The zero-order valence-electron chi connectivity index (χ0n) is 11.3. The maximum absolute atomic E-state index is 12.9. The summed E-state index contributed by atoms with van der Waals surface area (Å²) in [7, 11) is 1.50. The number of aromatic nitrogens is 1. The van der Waals surface area contributed by atoms with E-state index in [2.05, 4.69) is 10.3 Å². The molecule has 1 aliphatic rings. The molecule has 6 nitrogen and oxygen atoms in total. The Kier molecular flexibility index (Phi) is 4.08. The minimum atomic E-state index is -1.22. The lowest BCUT2D eigenvalue weighted by atomic mass is 9.89. The fourth-order valence-electron chi connectivity index (χ4n) is 2.48. The van der Waals surface area contributed by atoms with Crippen LogP contribution in [0, 0.1) is 5.82 Å². The number of nitrogens with one attached hydrogen (secondary N) is 2. The molecule has 0 spiro atoms. The van der Waals surface area contributed by atoms with Crippen LogP contribution in [0.25, 0.3) is 0 Å². The third-order valence-electron chi connectivity index (χ3n) is 3.49. The van der Waals surface area contributed by atoms with E-state index < -0.39 is 11.4 Å². The van der Waals surface area contributed by atoms with E-state index in [0.717, 1.165) is 12.3 Å². The fraction of sp³-hybridized carbons (Fsp3) is 0.538. The van der Waals surface area contributed by atoms with Crippen molar-refractivity contribution in [1.82, 2.24) is 15.2 Å². The molecule has 2 heterocycles. The number of carbonyl (C=O) groups excluding carboxylic acids is 2. The van der Waals surface area contributed by atoms with Crippen LogP contribution in [0.3, 0.4) is 0 Å². The number of nitrogens with zero attached hydrogens (tertiary/aromatic N) is 1. The van der Waals surface area contributed by atoms with Crippen molar-refractivity contribution in [1.29, 1.82) is 0 Å². The number of amides is 2.